The number of nitrogens with one attached hydrogen (secondary N) is 3. The largest absolute Gasteiger partial charge is 0.337 e. The second kappa shape index (κ2) is 9.73. The first-order chi connectivity index (χ1) is 14.3. The fourth-order valence-electron chi connectivity index (χ4n) is 2.80. The van der Waals surface area contributed by atoms with E-state index >= 15 is 0 Å². The van der Waals surface area contributed by atoms with E-state index in [4.69, 9.17) is 0 Å². The van der Waals surface area contributed by atoms with Crippen LogP contribution >= 0.6 is 0 Å². The zero-order chi connectivity index (χ0) is 21.6. The molecule has 30 heavy (non-hydrogen) atoms. The number of carbonyl (C=O) groups is 2. The molecule has 3 N–H and O–H groups in total. The average Bonchev–Trinajstić information content (AvgIpc) is 3.52. The number of nitrogens with zero attached hydrogens (tertiary/aromatic N) is 1. The van der Waals surface area contributed by atoms with Crippen molar-refractivity contribution in [3.05, 3.63) is 60.2 Å². The molecule has 1 saturated carbocycles. The standard InChI is InChI=1S/C21H26N4O4S/c1-25(15-16-6-3-2-4-7-16)21(27)22-13-12-20(26)23-18-8-5-9-19(14-18)30(28,29)24-17-10-11-17/h2-9,14,17,24H,10-13,15H2,1H3,(H,22,27)(H,23,26). The highest BCUT2D eigenvalue weighted by Gasteiger charge is 2.28. The third kappa shape index (κ3) is 6.57. The number of hydrogen-bond donors (Lipinski definition) is 3. The zero-order valence-corrected chi connectivity index (χ0v) is 17.6. The van der Waals surface area contributed by atoms with Crippen molar-refractivity contribution in [2.24, 2.45) is 0 Å². The Balaban J connectivity index is 1.44. The molecule has 0 spiro atoms. The van der Waals surface area contributed by atoms with Crippen LogP contribution in [0.4, 0.5) is 10.5 Å². The number of carbonyl (C=O) groups excluding carboxylic acids is 2. The van der Waals surface area contributed by atoms with Crippen molar-refractivity contribution in [3.63, 3.8) is 0 Å². The van der Waals surface area contributed by atoms with Crippen molar-refractivity contribution in [2.45, 2.75) is 36.7 Å². The fraction of sp³-hybridized carbons (Fsp3) is 0.333. The molecule has 0 aliphatic heterocycles. The van der Waals surface area contributed by atoms with E-state index in [9.17, 15) is 18.0 Å². The van der Waals surface area contributed by atoms with Gasteiger partial charge in [0.1, 0.15) is 0 Å². The van der Waals surface area contributed by atoms with Crippen LogP contribution in [0.5, 0.6) is 0 Å². The van der Waals surface area contributed by atoms with Gasteiger partial charge in [0.05, 0.1) is 4.90 Å². The van der Waals surface area contributed by atoms with Gasteiger partial charge < -0.3 is 15.5 Å². The summed E-state index contributed by atoms with van der Waals surface area (Å²) in [5, 5.41) is 5.37. The first-order valence-electron chi connectivity index (χ1n) is 9.78. The number of amides is 3. The number of sulfonamides is 1. The zero-order valence-electron chi connectivity index (χ0n) is 16.8. The van der Waals surface area contributed by atoms with Gasteiger partial charge in [0.15, 0.2) is 0 Å². The van der Waals surface area contributed by atoms with E-state index in [1.165, 1.54) is 17.0 Å². The van der Waals surface area contributed by atoms with Crippen LogP contribution in [0.1, 0.15) is 24.8 Å². The Kier molecular flexibility index (Phi) is 7.07. The topological polar surface area (TPSA) is 108 Å². The van der Waals surface area contributed by atoms with Crippen LogP contribution in [0.15, 0.2) is 59.5 Å². The molecule has 1 aliphatic rings. The molecule has 3 rings (SSSR count). The Bertz CT molecular complexity index is 991. The van der Waals surface area contributed by atoms with E-state index in [2.05, 4.69) is 15.4 Å². The fourth-order valence-corrected chi connectivity index (χ4v) is 4.15. The van der Waals surface area contributed by atoms with Gasteiger partial charge in [-0.05, 0) is 36.6 Å². The predicted octanol–water partition coefficient (Wildman–Crippen LogP) is 2.30. The highest BCUT2D eigenvalue weighted by molar-refractivity contribution is 7.89. The van der Waals surface area contributed by atoms with E-state index in [0.29, 0.717) is 12.2 Å². The van der Waals surface area contributed by atoms with Crippen molar-refractivity contribution >= 4 is 27.6 Å². The molecule has 0 heterocycles. The van der Waals surface area contributed by atoms with Gasteiger partial charge in [0, 0.05) is 38.3 Å². The summed E-state index contributed by atoms with van der Waals surface area (Å²) >= 11 is 0. The maximum atomic E-state index is 12.3. The molecular weight excluding hydrogens is 404 g/mol. The molecular formula is C21H26N4O4S. The van der Waals surface area contributed by atoms with Gasteiger partial charge in [0.25, 0.3) is 0 Å². The second-order valence-corrected chi connectivity index (χ2v) is 9.01. The lowest BCUT2D eigenvalue weighted by Crippen LogP contribution is -2.38. The van der Waals surface area contributed by atoms with E-state index in [0.717, 1.165) is 18.4 Å². The quantitative estimate of drug-likeness (QED) is 0.567. The summed E-state index contributed by atoms with van der Waals surface area (Å²) in [5.41, 5.74) is 1.41. The number of rotatable bonds is 9. The molecule has 1 aliphatic carbocycles. The Morgan fingerprint density at radius 3 is 2.50 bits per heavy atom. The maximum absolute atomic E-state index is 12.3. The lowest BCUT2D eigenvalue weighted by atomic mass is 10.2. The van der Waals surface area contributed by atoms with Gasteiger partial charge in [-0.1, -0.05) is 36.4 Å². The minimum absolute atomic E-state index is 0.0110. The van der Waals surface area contributed by atoms with Crippen LogP contribution < -0.4 is 15.4 Å². The van der Waals surface area contributed by atoms with Crippen molar-refractivity contribution in [1.29, 1.82) is 0 Å². The smallest absolute Gasteiger partial charge is 0.317 e. The molecule has 2 aromatic rings. The summed E-state index contributed by atoms with van der Waals surface area (Å²) in [7, 11) is -1.90. The van der Waals surface area contributed by atoms with Gasteiger partial charge in [-0.2, -0.15) is 0 Å². The van der Waals surface area contributed by atoms with Crippen LogP contribution in [-0.4, -0.2) is 44.9 Å². The molecule has 1 fully saturated rings. The highest BCUT2D eigenvalue weighted by Crippen LogP contribution is 2.23. The summed E-state index contributed by atoms with van der Waals surface area (Å²) in [6, 6.07) is 15.5. The normalized spacial score (nSPS) is 13.5. The number of benzene rings is 2. The molecule has 0 radical (unpaired) electrons. The molecule has 8 nitrogen and oxygen atoms in total. The van der Waals surface area contributed by atoms with E-state index in [1.807, 2.05) is 30.3 Å². The van der Waals surface area contributed by atoms with Crippen LogP contribution in [0.25, 0.3) is 0 Å². The second-order valence-electron chi connectivity index (χ2n) is 7.30. The van der Waals surface area contributed by atoms with Gasteiger partial charge in [-0.15, -0.1) is 0 Å². The maximum Gasteiger partial charge on any atom is 0.317 e. The SMILES string of the molecule is CN(Cc1ccccc1)C(=O)NCCC(=O)Nc1cccc(S(=O)(=O)NC2CC2)c1. The summed E-state index contributed by atoms with van der Waals surface area (Å²) in [4.78, 5) is 26.0. The third-order valence-corrected chi connectivity index (χ3v) is 6.08. The van der Waals surface area contributed by atoms with E-state index in [1.54, 1.807) is 19.2 Å². The summed E-state index contributed by atoms with van der Waals surface area (Å²) in [5.74, 6) is -0.314. The number of hydrogen-bond acceptors (Lipinski definition) is 4. The monoisotopic (exact) mass is 430 g/mol. The van der Waals surface area contributed by atoms with Gasteiger partial charge in [0.2, 0.25) is 15.9 Å². The first kappa shape index (κ1) is 21.8. The van der Waals surface area contributed by atoms with Crippen molar-refractivity contribution in [1.82, 2.24) is 14.9 Å². The summed E-state index contributed by atoms with van der Waals surface area (Å²) in [6.45, 7) is 0.639. The number of urea groups is 1. The lowest BCUT2D eigenvalue weighted by molar-refractivity contribution is -0.116. The molecule has 3 amide bonds. The Morgan fingerprint density at radius 1 is 1.07 bits per heavy atom. The molecule has 2 aromatic carbocycles. The highest BCUT2D eigenvalue weighted by atomic mass is 32.2. The molecule has 0 bridgehead atoms. The Labute approximate surface area is 176 Å². The van der Waals surface area contributed by atoms with Crippen molar-refractivity contribution in [3.8, 4) is 0 Å². The van der Waals surface area contributed by atoms with Crippen molar-refractivity contribution < 1.29 is 18.0 Å². The van der Waals surface area contributed by atoms with Gasteiger partial charge in [-0.3, -0.25) is 4.79 Å². The molecule has 0 atom stereocenters. The van der Waals surface area contributed by atoms with Crippen LogP contribution in [0, 0.1) is 0 Å². The van der Waals surface area contributed by atoms with Crippen LogP contribution in [0.2, 0.25) is 0 Å². The number of anilines is 1. The molecule has 0 saturated heterocycles. The average molecular weight is 431 g/mol. The van der Waals surface area contributed by atoms with Crippen LogP contribution in [0.3, 0.4) is 0 Å². The first-order valence-corrected chi connectivity index (χ1v) is 11.3. The van der Waals surface area contributed by atoms with E-state index in [-0.39, 0.29) is 35.8 Å². The van der Waals surface area contributed by atoms with E-state index < -0.39 is 10.0 Å². The Hall–Kier alpha value is -2.91. The third-order valence-electron chi connectivity index (χ3n) is 4.56. The predicted molar refractivity (Wildman–Crippen MR) is 114 cm³/mol. The summed E-state index contributed by atoms with van der Waals surface area (Å²) < 4.78 is 27.2. The molecule has 9 heteroatoms. The lowest BCUT2D eigenvalue weighted by Gasteiger charge is -2.18. The minimum Gasteiger partial charge on any atom is -0.337 e. The molecule has 0 aromatic heterocycles. The molecule has 160 valence electrons. The Morgan fingerprint density at radius 2 is 1.80 bits per heavy atom. The summed E-state index contributed by atoms with van der Waals surface area (Å²) in [6.07, 6.45) is 1.77. The van der Waals surface area contributed by atoms with Crippen LogP contribution in [-0.2, 0) is 21.4 Å². The van der Waals surface area contributed by atoms with Gasteiger partial charge >= 0.3 is 6.03 Å². The molecule has 0 unspecified atom stereocenters. The van der Waals surface area contributed by atoms with Gasteiger partial charge in [-0.25, -0.2) is 17.9 Å². The van der Waals surface area contributed by atoms with Crippen molar-refractivity contribution in [2.75, 3.05) is 18.9 Å². The minimum atomic E-state index is -3.58.